The molecule has 1 aliphatic carbocycles. The number of nitrogens with one attached hydrogen (secondary N) is 2. The molecule has 19 heteroatoms. The molecule has 0 aromatic heterocycles. The Balaban J connectivity index is 1.32. The van der Waals surface area contributed by atoms with Crippen LogP contribution in [0.15, 0.2) is 24.3 Å². The minimum Gasteiger partial charge on any atom is -0.493 e. The van der Waals surface area contributed by atoms with Crippen molar-refractivity contribution in [3.05, 3.63) is 41.0 Å². The number of halogens is 1. The van der Waals surface area contributed by atoms with Crippen LogP contribution in [0.1, 0.15) is 35.6 Å². The van der Waals surface area contributed by atoms with Crippen LogP contribution in [0.5, 0.6) is 28.7 Å². The molecule has 0 saturated carbocycles. The number of aliphatic hydroxyl groups excluding tert-OH is 2. The number of hydrogen-bond acceptors (Lipinski definition) is 17. The molecule has 6 unspecified atom stereocenters. The molecule has 4 N–H and O–H groups in total. The predicted octanol–water partition coefficient (Wildman–Crippen LogP) is 3.13. The number of rotatable bonds is 16. The lowest BCUT2D eigenvalue weighted by Crippen LogP contribution is -2.63. The number of aliphatic hydroxyl groups is 2. The number of fused-ring (bicyclic) bond motifs is 3. The molecule has 6 rings (SSSR count). The number of aldehydes is 1. The van der Waals surface area contributed by atoms with Crippen molar-refractivity contribution in [2.45, 2.75) is 55.9 Å². The Bertz CT molecular complexity index is 1580. The van der Waals surface area contributed by atoms with E-state index in [0.717, 1.165) is 12.0 Å². The highest BCUT2D eigenvalue weighted by molar-refractivity contribution is 8.76. The number of methoxy groups -OCH3 is 3. The second kappa shape index (κ2) is 18.9. The van der Waals surface area contributed by atoms with Gasteiger partial charge in [-0.05, 0) is 59.7 Å². The number of amides is 1. The molecule has 54 heavy (non-hydrogen) atoms. The van der Waals surface area contributed by atoms with E-state index in [-0.39, 0.29) is 37.3 Å². The van der Waals surface area contributed by atoms with Crippen molar-refractivity contribution in [2.75, 3.05) is 65.9 Å². The van der Waals surface area contributed by atoms with Crippen molar-refractivity contribution in [3.63, 3.8) is 0 Å². The Morgan fingerprint density at radius 3 is 2.31 bits per heavy atom. The van der Waals surface area contributed by atoms with Gasteiger partial charge >= 0.3 is 6.09 Å². The fourth-order valence-corrected chi connectivity index (χ4v) is 9.20. The van der Waals surface area contributed by atoms with E-state index in [1.165, 1.54) is 21.3 Å². The molecule has 1 amide bonds. The molecule has 0 bridgehead atoms. The van der Waals surface area contributed by atoms with E-state index < -0.39 is 66.9 Å². The molecule has 298 valence electrons. The van der Waals surface area contributed by atoms with Crippen LogP contribution in [0.25, 0.3) is 0 Å². The third kappa shape index (κ3) is 8.78. The summed E-state index contributed by atoms with van der Waals surface area (Å²) in [6, 6.07) is 6.96. The zero-order valence-corrected chi connectivity index (χ0v) is 32.5. The fourth-order valence-electron chi connectivity index (χ4n) is 7.18. The van der Waals surface area contributed by atoms with E-state index in [2.05, 4.69) is 10.2 Å². The summed E-state index contributed by atoms with van der Waals surface area (Å²) >= 11 is 5.48. The molecule has 10 atom stereocenters. The summed E-state index contributed by atoms with van der Waals surface area (Å²) in [5.41, 5.74) is 1.88. The third-order valence-electron chi connectivity index (χ3n) is 9.62. The number of hydrogen-bond donors (Lipinski definition) is 4. The van der Waals surface area contributed by atoms with Gasteiger partial charge in [-0.1, -0.05) is 21.6 Å². The zero-order chi connectivity index (χ0) is 38.4. The minimum atomic E-state index is -1.49. The summed E-state index contributed by atoms with van der Waals surface area (Å²) in [6.45, 7) is 2.89. The van der Waals surface area contributed by atoms with Crippen LogP contribution in [-0.2, 0) is 28.5 Å². The highest BCUT2D eigenvalue weighted by atomic mass is 35.5. The lowest BCUT2D eigenvalue weighted by Gasteiger charge is -2.48. The van der Waals surface area contributed by atoms with E-state index >= 15 is 0 Å². The minimum absolute atomic E-state index is 0.00998. The van der Waals surface area contributed by atoms with Crippen molar-refractivity contribution in [3.8, 4) is 28.7 Å². The molecule has 2 saturated heterocycles. The average molecular weight is 817 g/mol. The van der Waals surface area contributed by atoms with Crippen LogP contribution in [0.2, 0.25) is 0 Å². The SMILES string of the molecule is COC[C@H]1[C@H](C=O)[C@H](c2cc(OC)c(OC(=O)NCCSSCCNCl)c(OC)c2)c2cc3c(cc2[C@H]1OC1OC2COC(C)OC2C(O)C1O)OCO3. The summed E-state index contributed by atoms with van der Waals surface area (Å²) < 4.78 is 58.3. The molecule has 2 aromatic rings. The van der Waals surface area contributed by atoms with Gasteiger partial charge in [0.15, 0.2) is 35.6 Å². The molecule has 3 heterocycles. The van der Waals surface area contributed by atoms with Gasteiger partial charge in [0.05, 0.1) is 33.5 Å². The normalized spacial score (nSPS) is 29.8. The predicted molar refractivity (Wildman–Crippen MR) is 196 cm³/mol. The van der Waals surface area contributed by atoms with Gasteiger partial charge in [0.25, 0.3) is 0 Å². The monoisotopic (exact) mass is 816 g/mol. The molecule has 0 radical (unpaired) electrons. The van der Waals surface area contributed by atoms with E-state index in [4.69, 9.17) is 59.1 Å². The summed E-state index contributed by atoms with van der Waals surface area (Å²) in [4.78, 5) is 28.7. The van der Waals surface area contributed by atoms with Crippen molar-refractivity contribution in [1.29, 1.82) is 0 Å². The quantitative estimate of drug-likeness (QED) is 0.0836. The first-order valence-electron chi connectivity index (χ1n) is 17.3. The van der Waals surface area contributed by atoms with Gasteiger partial charge < -0.3 is 67.7 Å². The number of benzene rings is 2. The van der Waals surface area contributed by atoms with Crippen LogP contribution in [0.4, 0.5) is 4.79 Å². The van der Waals surface area contributed by atoms with Crippen LogP contribution in [0.3, 0.4) is 0 Å². The van der Waals surface area contributed by atoms with Crippen LogP contribution >= 0.6 is 33.4 Å². The zero-order valence-electron chi connectivity index (χ0n) is 30.1. The van der Waals surface area contributed by atoms with Gasteiger partial charge in [-0.2, -0.15) is 0 Å². The Labute approximate surface area is 325 Å². The molecular weight excluding hydrogens is 772 g/mol. The van der Waals surface area contributed by atoms with Crippen LogP contribution < -0.4 is 33.8 Å². The topological polar surface area (TPSA) is 191 Å². The summed E-state index contributed by atoms with van der Waals surface area (Å²) in [5, 5.41) is 25.0. The number of carbonyl (C=O) groups excluding carboxylic acids is 2. The van der Waals surface area contributed by atoms with Crippen molar-refractivity contribution in [1.82, 2.24) is 10.2 Å². The average Bonchev–Trinajstić information content (AvgIpc) is 3.64. The fraction of sp³-hybridized carbons (Fsp3) is 0.600. The molecule has 2 fully saturated rings. The van der Waals surface area contributed by atoms with Crippen molar-refractivity contribution >= 4 is 45.7 Å². The molecule has 3 aliphatic heterocycles. The van der Waals surface area contributed by atoms with E-state index in [9.17, 15) is 19.8 Å². The van der Waals surface area contributed by atoms with E-state index in [1.54, 1.807) is 52.8 Å². The van der Waals surface area contributed by atoms with Crippen LogP contribution in [-0.4, -0.2) is 126 Å². The summed E-state index contributed by atoms with van der Waals surface area (Å²) in [7, 11) is 7.61. The maximum absolute atomic E-state index is 13.3. The first-order chi connectivity index (χ1) is 26.2. The highest BCUT2D eigenvalue weighted by Gasteiger charge is 2.52. The first-order valence-corrected chi connectivity index (χ1v) is 20.2. The smallest absolute Gasteiger partial charge is 0.412 e. The lowest BCUT2D eigenvalue weighted by atomic mass is 9.65. The van der Waals surface area contributed by atoms with Crippen LogP contribution in [0, 0.1) is 11.8 Å². The van der Waals surface area contributed by atoms with Gasteiger partial charge in [-0.25, -0.2) is 9.63 Å². The standard InChI is InChI=1S/C35H45ClN2O14S2/c1-17-46-15-27-33(49-17)29(40)30(41)34(50-27)51-31-20-12-24-23(47-16-48-24)11-19(20)28(21(13-39)22(31)14-43-2)18-9-25(44-3)32(26(10-18)45-4)52-35(42)37-5-7-53-54-8-6-38-36/h9-13,17,21-22,27-31,33-34,38,40-41H,5-8,14-16H2,1-4H3,(H,37,42)/t17?,21-,22-,27?,28+,29?,30?,31+,33?,34?/m0/s1. The Hall–Kier alpha value is -2.75. The third-order valence-corrected chi connectivity index (χ3v) is 12.2. The lowest BCUT2D eigenvalue weighted by molar-refractivity contribution is -0.365. The van der Waals surface area contributed by atoms with Crippen molar-refractivity contribution in [2.24, 2.45) is 11.8 Å². The van der Waals surface area contributed by atoms with Gasteiger partial charge in [-0.3, -0.25) is 0 Å². The summed E-state index contributed by atoms with van der Waals surface area (Å²) in [5.74, 6) is 0.755. The van der Waals surface area contributed by atoms with E-state index in [1.807, 2.05) is 0 Å². The van der Waals surface area contributed by atoms with Gasteiger partial charge in [0.2, 0.25) is 12.5 Å². The maximum Gasteiger partial charge on any atom is 0.412 e. The second-order valence-corrected chi connectivity index (χ2v) is 15.8. The van der Waals surface area contributed by atoms with Gasteiger partial charge in [0, 0.05) is 49.5 Å². The molecule has 16 nitrogen and oxygen atoms in total. The summed E-state index contributed by atoms with van der Waals surface area (Å²) in [6.07, 6.45) is -7.02. The van der Waals surface area contributed by atoms with Gasteiger partial charge in [0.1, 0.15) is 30.7 Å². The Kier molecular flexibility index (Phi) is 14.3. The molecular formula is C35H45ClN2O14S2. The number of carbonyl (C=O) groups is 2. The number of ether oxygens (including phenoxy) is 10. The largest absolute Gasteiger partial charge is 0.493 e. The highest BCUT2D eigenvalue weighted by Crippen LogP contribution is 2.55. The van der Waals surface area contributed by atoms with Gasteiger partial charge in [-0.15, -0.1) is 0 Å². The first kappa shape index (κ1) is 40.9. The molecule has 4 aliphatic rings. The second-order valence-electron chi connectivity index (χ2n) is 12.8. The molecule has 2 aromatic carbocycles. The van der Waals surface area contributed by atoms with Crippen molar-refractivity contribution < 1.29 is 67.2 Å². The Morgan fingerprint density at radius 1 is 0.981 bits per heavy atom. The Morgan fingerprint density at radius 2 is 1.67 bits per heavy atom. The molecule has 0 spiro atoms. The maximum atomic E-state index is 13.3. The van der Waals surface area contributed by atoms with E-state index in [0.29, 0.717) is 47.0 Å².